The molecule has 2 aromatic heterocycles. The summed E-state index contributed by atoms with van der Waals surface area (Å²) in [6.07, 6.45) is 4.92. The first-order valence-corrected chi connectivity index (χ1v) is 8.76. The Morgan fingerprint density at radius 3 is 2.95 bits per heavy atom. The van der Waals surface area contributed by atoms with Crippen LogP contribution in [0.4, 0.5) is 0 Å². The Morgan fingerprint density at radius 1 is 1.32 bits per heavy atom. The summed E-state index contributed by atoms with van der Waals surface area (Å²) in [6.45, 7) is 5.74. The number of hydrogen-bond acceptors (Lipinski definition) is 6. The fourth-order valence-electron chi connectivity index (χ4n) is 3.50. The van der Waals surface area contributed by atoms with Gasteiger partial charge in [0, 0.05) is 31.2 Å². The second-order valence-corrected chi connectivity index (χ2v) is 6.86. The van der Waals surface area contributed by atoms with Crippen molar-refractivity contribution in [1.29, 1.82) is 0 Å². The molecule has 0 aromatic carbocycles. The van der Waals surface area contributed by atoms with E-state index >= 15 is 0 Å². The molecule has 1 fully saturated rings. The third-order valence-corrected chi connectivity index (χ3v) is 5.33. The topological polar surface area (TPSA) is 51.1 Å². The molecule has 22 heavy (non-hydrogen) atoms. The number of thiazole rings is 1. The zero-order valence-electron chi connectivity index (χ0n) is 12.8. The molecule has 4 rings (SSSR count). The average Bonchev–Trinajstić information content (AvgIpc) is 3.04. The third kappa shape index (κ3) is 2.55. The summed E-state index contributed by atoms with van der Waals surface area (Å²) in [6, 6.07) is 0. The molecule has 2 aromatic rings. The van der Waals surface area contributed by atoms with Crippen molar-refractivity contribution in [1.82, 2.24) is 19.9 Å². The lowest BCUT2D eigenvalue weighted by molar-refractivity contribution is -0.102. The molecule has 2 aliphatic rings. The van der Waals surface area contributed by atoms with Crippen LogP contribution in [0.3, 0.4) is 0 Å². The Bertz CT molecular complexity index is 650. The minimum absolute atomic E-state index is 0.195. The summed E-state index contributed by atoms with van der Waals surface area (Å²) in [4.78, 5) is 15.9. The number of hydrogen-bond donors (Lipinski definition) is 0. The smallest absolute Gasteiger partial charge is 0.125 e. The second-order valence-electron chi connectivity index (χ2n) is 6.14. The van der Waals surface area contributed by atoms with E-state index in [4.69, 9.17) is 9.72 Å². The van der Waals surface area contributed by atoms with Crippen molar-refractivity contribution >= 4 is 11.3 Å². The molecule has 0 amide bonds. The maximum Gasteiger partial charge on any atom is 0.125 e. The third-order valence-electron chi connectivity index (χ3n) is 4.70. The molecule has 4 heterocycles. The fourth-order valence-corrected chi connectivity index (χ4v) is 4.04. The predicted octanol–water partition coefficient (Wildman–Crippen LogP) is 2.31. The molecule has 1 spiro atoms. The van der Waals surface area contributed by atoms with Crippen LogP contribution in [-0.2, 0) is 23.3 Å². The maximum absolute atomic E-state index is 6.24. The van der Waals surface area contributed by atoms with E-state index in [9.17, 15) is 0 Å². The van der Waals surface area contributed by atoms with Crippen LogP contribution in [-0.4, -0.2) is 39.5 Å². The van der Waals surface area contributed by atoms with Crippen LogP contribution in [0.1, 0.15) is 35.6 Å². The standard InChI is InChI=1S/C16H20N4OS/c1-12-17-8-13-2-7-21-16(15(13)19-12)3-5-20(6-4-16)9-14-10-22-11-18-14/h8,10-11H,2-7,9H2,1H3. The van der Waals surface area contributed by atoms with Crippen LogP contribution in [0.25, 0.3) is 0 Å². The summed E-state index contributed by atoms with van der Waals surface area (Å²) in [5.41, 5.74) is 5.29. The van der Waals surface area contributed by atoms with Gasteiger partial charge in [-0.15, -0.1) is 11.3 Å². The number of piperidine rings is 1. The molecule has 0 N–H and O–H groups in total. The van der Waals surface area contributed by atoms with Crippen molar-refractivity contribution in [3.63, 3.8) is 0 Å². The molecule has 0 bridgehead atoms. The number of aromatic nitrogens is 3. The van der Waals surface area contributed by atoms with Crippen molar-refractivity contribution < 1.29 is 4.74 Å². The van der Waals surface area contributed by atoms with Gasteiger partial charge in [-0.2, -0.15) is 0 Å². The quantitative estimate of drug-likeness (QED) is 0.851. The highest BCUT2D eigenvalue weighted by Gasteiger charge is 2.42. The summed E-state index contributed by atoms with van der Waals surface area (Å²) < 4.78 is 6.24. The number of nitrogens with zero attached hydrogens (tertiary/aromatic N) is 4. The summed E-state index contributed by atoms with van der Waals surface area (Å²) in [5.74, 6) is 0.841. The second kappa shape index (κ2) is 5.68. The Hall–Kier alpha value is -1.37. The van der Waals surface area contributed by atoms with E-state index in [0.717, 1.165) is 57.0 Å². The van der Waals surface area contributed by atoms with Crippen molar-refractivity contribution in [2.75, 3.05) is 19.7 Å². The lowest BCUT2D eigenvalue weighted by atomic mass is 9.83. The zero-order valence-corrected chi connectivity index (χ0v) is 13.6. The average molecular weight is 316 g/mol. The number of fused-ring (bicyclic) bond motifs is 2. The Labute approximate surface area is 134 Å². The van der Waals surface area contributed by atoms with Crippen LogP contribution in [0.2, 0.25) is 0 Å². The van der Waals surface area contributed by atoms with Gasteiger partial charge in [0.05, 0.1) is 23.5 Å². The van der Waals surface area contributed by atoms with Gasteiger partial charge in [-0.1, -0.05) is 0 Å². The lowest BCUT2D eigenvalue weighted by Crippen LogP contribution is -2.47. The van der Waals surface area contributed by atoms with Gasteiger partial charge in [-0.25, -0.2) is 15.0 Å². The van der Waals surface area contributed by atoms with E-state index in [1.807, 2.05) is 18.6 Å². The lowest BCUT2D eigenvalue weighted by Gasteiger charge is -2.44. The van der Waals surface area contributed by atoms with Crippen LogP contribution in [0.5, 0.6) is 0 Å². The van der Waals surface area contributed by atoms with Gasteiger partial charge in [0.25, 0.3) is 0 Å². The van der Waals surface area contributed by atoms with Gasteiger partial charge in [0.2, 0.25) is 0 Å². The van der Waals surface area contributed by atoms with E-state index in [-0.39, 0.29) is 5.60 Å². The predicted molar refractivity (Wildman–Crippen MR) is 84.7 cm³/mol. The first-order valence-electron chi connectivity index (χ1n) is 7.82. The van der Waals surface area contributed by atoms with Crippen LogP contribution >= 0.6 is 11.3 Å². The van der Waals surface area contributed by atoms with Gasteiger partial charge in [0.1, 0.15) is 11.4 Å². The largest absolute Gasteiger partial charge is 0.368 e. The molecule has 116 valence electrons. The van der Waals surface area contributed by atoms with E-state index in [0.29, 0.717) is 0 Å². The molecule has 6 heteroatoms. The SMILES string of the molecule is Cc1ncc2c(n1)C1(CCN(Cc3cscn3)CC1)OCC2. The molecule has 0 radical (unpaired) electrons. The molecular formula is C16H20N4OS. The van der Waals surface area contributed by atoms with Gasteiger partial charge in [-0.3, -0.25) is 4.90 Å². The van der Waals surface area contributed by atoms with E-state index in [2.05, 4.69) is 20.2 Å². The van der Waals surface area contributed by atoms with Crippen molar-refractivity contribution in [3.05, 3.63) is 39.9 Å². The Morgan fingerprint density at radius 2 is 2.18 bits per heavy atom. The fraction of sp³-hybridized carbons (Fsp3) is 0.562. The van der Waals surface area contributed by atoms with Crippen molar-refractivity contribution in [3.8, 4) is 0 Å². The monoisotopic (exact) mass is 316 g/mol. The van der Waals surface area contributed by atoms with Gasteiger partial charge in [-0.05, 0) is 31.7 Å². The molecule has 0 unspecified atom stereocenters. The summed E-state index contributed by atoms with van der Waals surface area (Å²) >= 11 is 1.66. The molecular weight excluding hydrogens is 296 g/mol. The number of aryl methyl sites for hydroxylation is 1. The van der Waals surface area contributed by atoms with Crippen molar-refractivity contribution in [2.24, 2.45) is 0 Å². The van der Waals surface area contributed by atoms with Crippen LogP contribution < -0.4 is 0 Å². The molecule has 5 nitrogen and oxygen atoms in total. The van der Waals surface area contributed by atoms with E-state index in [1.165, 1.54) is 11.3 Å². The van der Waals surface area contributed by atoms with Gasteiger partial charge in [0.15, 0.2) is 0 Å². The number of likely N-dealkylation sites (tertiary alicyclic amines) is 1. The number of ether oxygens (including phenoxy) is 1. The maximum atomic E-state index is 6.24. The first-order chi connectivity index (χ1) is 10.8. The highest BCUT2D eigenvalue weighted by atomic mass is 32.1. The van der Waals surface area contributed by atoms with Crippen LogP contribution in [0, 0.1) is 6.92 Å². The normalized spacial score (nSPS) is 21.0. The highest BCUT2D eigenvalue weighted by Crippen LogP contribution is 2.40. The van der Waals surface area contributed by atoms with Gasteiger partial charge < -0.3 is 4.74 Å². The molecule has 0 saturated carbocycles. The molecule has 1 saturated heterocycles. The summed E-state index contributed by atoms with van der Waals surface area (Å²) in [5, 5.41) is 2.13. The van der Waals surface area contributed by atoms with Crippen molar-refractivity contribution in [2.45, 2.75) is 38.3 Å². The van der Waals surface area contributed by atoms with Gasteiger partial charge >= 0.3 is 0 Å². The molecule has 0 atom stereocenters. The summed E-state index contributed by atoms with van der Waals surface area (Å²) in [7, 11) is 0. The minimum atomic E-state index is -0.195. The molecule has 2 aliphatic heterocycles. The highest BCUT2D eigenvalue weighted by molar-refractivity contribution is 7.07. The van der Waals surface area contributed by atoms with E-state index < -0.39 is 0 Å². The van der Waals surface area contributed by atoms with E-state index in [1.54, 1.807) is 11.3 Å². The Kier molecular flexibility index (Phi) is 3.68. The zero-order chi connectivity index (χ0) is 15.0. The first kappa shape index (κ1) is 14.2. The Balaban J connectivity index is 1.52. The minimum Gasteiger partial charge on any atom is -0.368 e. The number of rotatable bonds is 2. The molecule has 0 aliphatic carbocycles. The van der Waals surface area contributed by atoms with Crippen LogP contribution in [0.15, 0.2) is 17.1 Å².